The lowest BCUT2D eigenvalue weighted by Gasteiger charge is -2.49. The fourth-order valence-corrected chi connectivity index (χ4v) is 3.53. The number of amides is 1. The van der Waals surface area contributed by atoms with E-state index in [-0.39, 0.29) is 23.9 Å². The molecule has 2 aromatic rings. The molecule has 2 heteroatoms. The van der Waals surface area contributed by atoms with Crippen molar-refractivity contribution in [3.8, 4) is 0 Å². The molecule has 0 spiro atoms. The van der Waals surface area contributed by atoms with Gasteiger partial charge >= 0.3 is 0 Å². The third-order valence-corrected chi connectivity index (χ3v) is 4.97. The monoisotopic (exact) mass is 331 g/mol. The van der Waals surface area contributed by atoms with E-state index in [0.717, 1.165) is 18.4 Å². The quantitative estimate of drug-likeness (QED) is 0.501. The van der Waals surface area contributed by atoms with E-state index in [9.17, 15) is 4.79 Å². The Morgan fingerprint density at radius 1 is 1.08 bits per heavy atom. The average molecular weight is 331 g/mol. The second-order valence-electron chi connectivity index (χ2n) is 6.57. The van der Waals surface area contributed by atoms with Crippen molar-refractivity contribution in [1.82, 2.24) is 4.90 Å². The van der Waals surface area contributed by atoms with Crippen LogP contribution < -0.4 is 0 Å². The summed E-state index contributed by atoms with van der Waals surface area (Å²) in [5, 5.41) is 0. The van der Waals surface area contributed by atoms with Crippen LogP contribution in [0.25, 0.3) is 6.08 Å². The molecular weight excluding hydrogens is 306 g/mol. The molecule has 1 amide bonds. The Hall–Kier alpha value is -2.61. The second kappa shape index (κ2) is 7.98. The number of allylic oxidation sites excluding steroid dienone is 1. The first kappa shape index (κ1) is 17.2. The number of likely N-dealkylation sites (tertiary alicyclic amines) is 1. The molecule has 0 radical (unpaired) electrons. The summed E-state index contributed by atoms with van der Waals surface area (Å²) in [7, 11) is 0. The number of hydrogen-bond donors (Lipinski definition) is 0. The molecule has 1 saturated heterocycles. The van der Waals surface area contributed by atoms with E-state index in [2.05, 4.69) is 49.9 Å². The Kier molecular flexibility index (Phi) is 5.49. The number of carbonyl (C=O) groups excluding carboxylic acids is 1. The standard InChI is InChI=1S/C23H25NO/c1-3-4-15-21-22(17-16-19-11-7-5-8-12-19)24(23(21)25)18(2)20-13-9-6-10-14-20/h3,5-14,16-18,21-22H,1,4,15H2,2H3/b17-16+/t18-,21+,22+/m1/s1. The SMILES string of the molecule is C=CCC[C@@H]1C(=O)N([C@H](C)c2ccccc2)[C@H]1/C=C/c1ccccc1. The largest absolute Gasteiger partial charge is 0.328 e. The Morgan fingerprint density at radius 2 is 1.72 bits per heavy atom. The van der Waals surface area contributed by atoms with E-state index in [1.807, 2.05) is 47.4 Å². The minimum atomic E-state index is 0.0594. The van der Waals surface area contributed by atoms with Crippen LogP contribution in [-0.4, -0.2) is 16.8 Å². The number of carbonyl (C=O) groups is 1. The Labute approximate surface area is 150 Å². The van der Waals surface area contributed by atoms with Gasteiger partial charge in [0.1, 0.15) is 0 Å². The molecule has 1 fully saturated rings. The third-order valence-electron chi connectivity index (χ3n) is 4.97. The van der Waals surface area contributed by atoms with Gasteiger partial charge in [-0.1, -0.05) is 78.9 Å². The van der Waals surface area contributed by atoms with Gasteiger partial charge in [-0.05, 0) is 30.9 Å². The summed E-state index contributed by atoms with van der Waals surface area (Å²) < 4.78 is 0. The molecule has 1 aliphatic rings. The van der Waals surface area contributed by atoms with E-state index in [4.69, 9.17) is 0 Å². The molecule has 3 atom stereocenters. The number of benzene rings is 2. The van der Waals surface area contributed by atoms with Gasteiger partial charge in [0, 0.05) is 0 Å². The van der Waals surface area contributed by atoms with E-state index in [1.54, 1.807) is 0 Å². The number of β-lactam (4-membered cyclic amide) rings is 1. The zero-order valence-electron chi connectivity index (χ0n) is 14.7. The molecule has 0 aromatic heterocycles. The molecule has 0 N–H and O–H groups in total. The highest BCUT2D eigenvalue weighted by Gasteiger charge is 2.47. The topological polar surface area (TPSA) is 20.3 Å². The van der Waals surface area contributed by atoms with Crippen LogP contribution in [0.3, 0.4) is 0 Å². The van der Waals surface area contributed by atoms with Gasteiger partial charge in [0.05, 0.1) is 18.0 Å². The maximum Gasteiger partial charge on any atom is 0.229 e. The van der Waals surface area contributed by atoms with E-state index in [1.165, 1.54) is 5.56 Å². The van der Waals surface area contributed by atoms with Crippen molar-refractivity contribution in [2.75, 3.05) is 0 Å². The van der Waals surface area contributed by atoms with Crippen molar-refractivity contribution in [1.29, 1.82) is 0 Å². The maximum absolute atomic E-state index is 12.8. The molecule has 3 rings (SSSR count). The summed E-state index contributed by atoms with van der Waals surface area (Å²) >= 11 is 0. The minimum Gasteiger partial charge on any atom is -0.328 e. The minimum absolute atomic E-state index is 0.0594. The zero-order valence-corrected chi connectivity index (χ0v) is 14.7. The molecule has 2 aromatic carbocycles. The lowest BCUT2D eigenvalue weighted by atomic mass is 9.81. The third kappa shape index (κ3) is 3.74. The van der Waals surface area contributed by atoms with Gasteiger partial charge in [0.2, 0.25) is 5.91 Å². The smallest absolute Gasteiger partial charge is 0.229 e. The van der Waals surface area contributed by atoms with Gasteiger partial charge in [-0.25, -0.2) is 0 Å². The fraction of sp³-hybridized carbons (Fsp3) is 0.261. The maximum atomic E-state index is 12.8. The predicted octanol–water partition coefficient (Wildman–Crippen LogP) is 5.25. The van der Waals surface area contributed by atoms with Crippen LogP contribution in [-0.2, 0) is 4.79 Å². The van der Waals surface area contributed by atoms with Gasteiger partial charge in [-0.15, -0.1) is 6.58 Å². The first-order valence-corrected chi connectivity index (χ1v) is 8.93. The second-order valence-corrected chi connectivity index (χ2v) is 6.57. The molecule has 0 bridgehead atoms. The van der Waals surface area contributed by atoms with E-state index >= 15 is 0 Å². The molecule has 25 heavy (non-hydrogen) atoms. The first-order valence-electron chi connectivity index (χ1n) is 8.93. The molecular formula is C23H25NO. The Balaban J connectivity index is 1.81. The van der Waals surface area contributed by atoms with E-state index in [0.29, 0.717) is 0 Å². The molecule has 0 aliphatic carbocycles. The van der Waals surface area contributed by atoms with Gasteiger partial charge in [0.15, 0.2) is 0 Å². The molecule has 128 valence electrons. The highest BCUT2D eigenvalue weighted by atomic mass is 16.2. The van der Waals surface area contributed by atoms with Gasteiger partial charge < -0.3 is 4.90 Å². The van der Waals surface area contributed by atoms with Crippen molar-refractivity contribution in [2.45, 2.75) is 31.8 Å². The van der Waals surface area contributed by atoms with Crippen LogP contribution >= 0.6 is 0 Å². The molecule has 0 saturated carbocycles. The normalized spacial score (nSPS) is 21.2. The molecule has 1 aliphatic heterocycles. The number of rotatable bonds is 7. The van der Waals surface area contributed by atoms with Crippen LogP contribution in [0, 0.1) is 5.92 Å². The van der Waals surface area contributed by atoms with Gasteiger partial charge in [0.25, 0.3) is 0 Å². The van der Waals surface area contributed by atoms with Crippen molar-refractivity contribution in [3.05, 3.63) is 90.5 Å². The van der Waals surface area contributed by atoms with Crippen molar-refractivity contribution in [3.63, 3.8) is 0 Å². The number of nitrogens with zero attached hydrogens (tertiary/aromatic N) is 1. The van der Waals surface area contributed by atoms with Gasteiger partial charge in [-0.2, -0.15) is 0 Å². The fourth-order valence-electron chi connectivity index (χ4n) is 3.53. The summed E-state index contributed by atoms with van der Waals surface area (Å²) in [6, 6.07) is 20.7. The van der Waals surface area contributed by atoms with Crippen molar-refractivity contribution >= 4 is 12.0 Å². The van der Waals surface area contributed by atoms with Crippen LogP contribution in [0.2, 0.25) is 0 Å². The highest BCUT2D eigenvalue weighted by Crippen LogP contribution is 2.39. The van der Waals surface area contributed by atoms with E-state index < -0.39 is 0 Å². The highest BCUT2D eigenvalue weighted by molar-refractivity contribution is 5.87. The average Bonchev–Trinajstić information content (AvgIpc) is 2.66. The van der Waals surface area contributed by atoms with Crippen LogP contribution in [0.1, 0.15) is 36.9 Å². The van der Waals surface area contributed by atoms with Crippen LogP contribution in [0.5, 0.6) is 0 Å². The Morgan fingerprint density at radius 3 is 2.36 bits per heavy atom. The molecule has 0 unspecified atom stereocenters. The number of hydrogen-bond acceptors (Lipinski definition) is 1. The molecule has 2 nitrogen and oxygen atoms in total. The summed E-state index contributed by atoms with van der Waals surface area (Å²) in [5.41, 5.74) is 2.34. The van der Waals surface area contributed by atoms with Gasteiger partial charge in [-0.3, -0.25) is 4.79 Å². The van der Waals surface area contributed by atoms with Crippen molar-refractivity contribution in [2.24, 2.45) is 5.92 Å². The summed E-state index contributed by atoms with van der Waals surface area (Å²) in [6.45, 7) is 5.90. The Bertz CT molecular complexity index is 735. The van der Waals surface area contributed by atoms with Crippen LogP contribution in [0.4, 0.5) is 0 Å². The lowest BCUT2D eigenvalue weighted by Crippen LogP contribution is -2.60. The summed E-state index contributed by atoms with van der Waals surface area (Å²) in [4.78, 5) is 14.8. The summed E-state index contributed by atoms with van der Waals surface area (Å²) in [5.74, 6) is 0.310. The lowest BCUT2D eigenvalue weighted by molar-refractivity contribution is -0.157. The zero-order chi connectivity index (χ0) is 17.6. The predicted molar refractivity (Wildman–Crippen MR) is 104 cm³/mol. The molecule has 1 heterocycles. The summed E-state index contributed by atoms with van der Waals surface area (Å²) in [6.07, 6.45) is 7.95. The van der Waals surface area contributed by atoms with Crippen molar-refractivity contribution < 1.29 is 4.79 Å². The first-order chi connectivity index (χ1) is 12.2. The van der Waals surface area contributed by atoms with Crippen LogP contribution in [0.15, 0.2) is 79.4 Å².